The average Bonchev–Trinajstić information content (AvgIpc) is 3.40. The fraction of sp³-hybridized carbons (Fsp3) is 0.765. The highest BCUT2D eigenvalue weighted by Crippen LogP contribution is 2.17. The van der Waals surface area contributed by atoms with E-state index in [1.165, 1.54) is 38.5 Å². The minimum Gasteiger partial charge on any atom is -0.358 e. The summed E-state index contributed by atoms with van der Waals surface area (Å²) in [4.78, 5) is 15.1. The van der Waals surface area contributed by atoms with E-state index in [1.54, 1.807) is 0 Å². The molecule has 2 aliphatic heterocycles. The maximum absolute atomic E-state index is 4.42. The maximum Gasteiger partial charge on any atom is 0.246 e. The summed E-state index contributed by atoms with van der Waals surface area (Å²) in [5, 5.41) is 17.0. The second kappa shape index (κ2) is 9.43. The summed E-state index contributed by atoms with van der Waals surface area (Å²) in [6, 6.07) is 0. The average molecular weight is 377 g/mol. The molecule has 0 spiro atoms. The molecule has 10 nitrogen and oxygen atoms in total. The first kappa shape index (κ1) is 19.2. The van der Waals surface area contributed by atoms with Gasteiger partial charge in [-0.1, -0.05) is 0 Å². The van der Waals surface area contributed by atoms with Crippen LogP contribution >= 0.6 is 0 Å². The SMILES string of the molecule is CN(C)c1n[nH]c(N2CCCCC2)n1.CNc1nc(N2CCCCC2)n[nH]1. The van der Waals surface area contributed by atoms with Crippen molar-refractivity contribution in [2.45, 2.75) is 38.5 Å². The van der Waals surface area contributed by atoms with E-state index >= 15 is 0 Å². The molecular formula is C17H32N10. The first-order chi connectivity index (χ1) is 13.2. The quantitative estimate of drug-likeness (QED) is 0.740. The lowest BCUT2D eigenvalue weighted by atomic mass is 10.1. The van der Waals surface area contributed by atoms with Crippen LogP contribution in [0.2, 0.25) is 0 Å². The van der Waals surface area contributed by atoms with Crippen molar-refractivity contribution in [2.75, 3.05) is 67.3 Å². The molecule has 0 amide bonds. The number of piperidine rings is 2. The smallest absolute Gasteiger partial charge is 0.246 e. The number of hydrogen-bond acceptors (Lipinski definition) is 8. The highest BCUT2D eigenvalue weighted by Gasteiger charge is 2.15. The van der Waals surface area contributed by atoms with E-state index in [-0.39, 0.29) is 0 Å². The van der Waals surface area contributed by atoms with Crippen LogP contribution in [0, 0.1) is 0 Å². The molecule has 2 aliphatic rings. The Balaban J connectivity index is 0.000000156. The molecule has 3 N–H and O–H groups in total. The Morgan fingerprint density at radius 2 is 1.44 bits per heavy atom. The standard InChI is InChI=1S/C9H17N5.C8H15N5/c1-13(2)8-10-9(12-11-8)14-6-4-3-5-7-14;1-9-7-10-8(12-11-7)13-5-3-2-4-6-13/h3-7H2,1-2H3,(H,10,11,12);2-6H2,1H3,(H2,9,10,11,12). The van der Waals surface area contributed by atoms with Gasteiger partial charge in [0.2, 0.25) is 23.8 Å². The van der Waals surface area contributed by atoms with Gasteiger partial charge in [0.15, 0.2) is 0 Å². The maximum atomic E-state index is 4.42. The number of H-pyrrole nitrogens is 2. The zero-order chi connectivity index (χ0) is 19.1. The molecule has 2 aromatic heterocycles. The van der Waals surface area contributed by atoms with E-state index in [0.717, 1.165) is 50.0 Å². The van der Waals surface area contributed by atoms with Gasteiger partial charge in [0.1, 0.15) is 0 Å². The molecular weight excluding hydrogens is 344 g/mol. The van der Waals surface area contributed by atoms with E-state index in [4.69, 9.17) is 0 Å². The van der Waals surface area contributed by atoms with Crippen LogP contribution in [0.5, 0.6) is 0 Å². The number of nitrogens with one attached hydrogen (secondary N) is 3. The molecule has 4 heterocycles. The van der Waals surface area contributed by atoms with Crippen LogP contribution < -0.4 is 20.0 Å². The fourth-order valence-electron chi connectivity index (χ4n) is 3.29. The van der Waals surface area contributed by atoms with Crippen LogP contribution in [0.25, 0.3) is 0 Å². The van der Waals surface area contributed by atoms with Crippen LogP contribution in [0.15, 0.2) is 0 Å². The summed E-state index contributed by atoms with van der Waals surface area (Å²) in [6.07, 6.45) is 7.70. The number of aromatic nitrogens is 6. The van der Waals surface area contributed by atoms with Crippen molar-refractivity contribution >= 4 is 23.8 Å². The van der Waals surface area contributed by atoms with Gasteiger partial charge >= 0.3 is 0 Å². The Labute approximate surface area is 160 Å². The van der Waals surface area contributed by atoms with Gasteiger partial charge in [0.05, 0.1) is 0 Å². The van der Waals surface area contributed by atoms with Crippen LogP contribution in [0.3, 0.4) is 0 Å². The summed E-state index contributed by atoms with van der Waals surface area (Å²) in [6.45, 7) is 4.37. The first-order valence-electron chi connectivity index (χ1n) is 9.87. The molecule has 2 fully saturated rings. The first-order valence-corrected chi connectivity index (χ1v) is 9.87. The predicted molar refractivity (Wildman–Crippen MR) is 109 cm³/mol. The summed E-state index contributed by atoms with van der Waals surface area (Å²) in [5.41, 5.74) is 0. The lowest BCUT2D eigenvalue weighted by molar-refractivity contribution is 0.569. The van der Waals surface area contributed by atoms with Crippen molar-refractivity contribution in [1.29, 1.82) is 0 Å². The molecule has 0 atom stereocenters. The Morgan fingerprint density at radius 3 is 1.96 bits per heavy atom. The van der Waals surface area contributed by atoms with E-state index in [9.17, 15) is 0 Å². The lowest BCUT2D eigenvalue weighted by Gasteiger charge is -2.25. The Morgan fingerprint density at radius 1 is 0.815 bits per heavy atom. The molecule has 0 aliphatic carbocycles. The largest absolute Gasteiger partial charge is 0.358 e. The predicted octanol–water partition coefficient (Wildman–Crippen LogP) is 1.70. The molecule has 4 rings (SSSR count). The lowest BCUT2D eigenvalue weighted by Crippen LogP contribution is -2.30. The zero-order valence-electron chi connectivity index (χ0n) is 16.7. The summed E-state index contributed by atoms with van der Waals surface area (Å²) in [5.74, 6) is 3.23. The number of rotatable bonds is 4. The molecule has 150 valence electrons. The van der Waals surface area contributed by atoms with Gasteiger partial charge in [-0.3, -0.25) is 0 Å². The topological polar surface area (TPSA) is 105 Å². The van der Waals surface area contributed by atoms with Crippen molar-refractivity contribution in [3.05, 3.63) is 0 Å². The summed E-state index contributed by atoms with van der Waals surface area (Å²) in [7, 11) is 5.73. The summed E-state index contributed by atoms with van der Waals surface area (Å²) >= 11 is 0. The van der Waals surface area contributed by atoms with Crippen LogP contribution in [-0.2, 0) is 0 Å². The molecule has 0 bridgehead atoms. The Bertz CT molecular complexity index is 667. The van der Waals surface area contributed by atoms with Crippen LogP contribution in [0.4, 0.5) is 23.8 Å². The van der Waals surface area contributed by atoms with E-state index in [2.05, 4.69) is 45.5 Å². The molecule has 0 unspecified atom stereocenters. The van der Waals surface area contributed by atoms with Gasteiger partial charge < -0.3 is 20.0 Å². The van der Waals surface area contributed by atoms with Crippen LogP contribution in [0.1, 0.15) is 38.5 Å². The number of nitrogens with zero attached hydrogens (tertiary/aromatic N) is 7. The fourth-order valence-corrected chi connectivity index (χ4v) is 3.29. The molecule has 10 heteroatoms. The summed E-state index contributed by atoms with van der Waals surface area (Å²) < 4.78 is 0. The highest BCUT2D eigenvalue weighted by molar-refractivity contribution is 5.38. The normalized spacial score (nSPS) is 17.3. The molecule has 27 heavy (non-hydrogen) atoms. The van der Waals surface area contributed by atoms with Crippen molar-refractivity contribution in [2.24, 2.45) is 0 Å². The van der Waals surface area contributed by atoms with Crippen molar-refractivity contribution in [3.63, 3.8) is 0 Å². The van der Waals surface area contributed by atoms with E-state index in [0.29, 0.717) is 0 Å². The second-order valence-corrected chi connectivity index (χ2v) is 7.18. The minimum absolute atomic E-state index is 0.737. The third-order valence-electron chi connectivity index (χ3n) is 4.87. The number of hydrogen-bond donors (Lipinski definition) is 3. The monoisotopic (exact) mass is 376 g/mol. The van der Waals surface area contributed by atoms with E-state index in [1.807, 2.05) is 26.0 Å². The van der Waals surface area contributed by atoms with Gasteiger partial charge in [0, 0.05) is 47.3 Å². The van der Waals surface area contributed by atoms with E-state index < -0.39 is 0 Å². The zero-order valence-corrected chi connectivity index (χ0v) is 16.7. The molecule has 2 saturated heterocycles. The molecule has 2 aromatic rings. The van der Waals surface area contributed by atoms with Crippen LogP contribution in [-0.4, -0.2) is 77.7 Å². The number of aromatic amines is 2. The molecule has 0 radical (unpaired) electrons. The third kappa shape index (κ3) is 5.24. The van der Waals surface area contributed by atoms with Crippen molar-refractivity contribution < 1.29 is 0 Å². The van der Waals surface area contributed by atoms with Crippen molar-refractivity contribution in [3.8, 4) is 0 Å². The van der Waals surface area contributed by atoms with Crippen molar-refractivity contribution in [1.82, 2.24) is 30.4 Å². The second-order valence-electron chi connectivity index (χ2n) is 7.18. The van der Waals surface area contributed by atoms with Gasteiger partial charge in [-0.05, 0) is 38.5 Å². The minimum atomic E-state index is 0.737. The van der Waals surface area contributed by atoms with Gasteiger partial charge in [-0.2, -0.15) is 9.97 Å². The molecule has 0 saturated carbocycles. The Hall–Kier alpha value is -2.52. The third-order valence-corrected chi connectivity index (χ3v) is 4.87. The number of anilines is 4. The van der Waals surface area contributed by atoms with Gasteiger partial charge in [0.25, 0.3) is 0 Å². The van der Waals surface area contributed by atoms with Gasteiger partial charge in [-0.25, -0.2) is 10.2 Å². The Kier molecular flexibility index (Phi) is 6.72. The van der Waals surface area contributed by atoms with Gasteiger partial charge in [-0.15, -0.1) is 10.2 Å². The molecule has 0 aromatic carbocycles. The highest BCUT2D eigenvalue weighted by atomic mass is 15.4.